The van der Waals surface area contributed by atoms with Crippen LogP contribution >= 0.6 is 0 Å². The lowest BCUT2D eigenvalue weighted by Gasteiger charge is -2.45. The van der Waals surface area contributed by atoms with Crippen LogP contribution < -0.4 is 10.8 Å². The smallest absolute Gasteiger partial charge is 0.275 e. The van der Waals surface area contributed by atoms with Crippen LogP contribution in [-0.4, -0.2) is 51.5 Å². The van der Waals surface area contributed by atoms with Gasteiger partial charge in [-0.3, -0.25) is 14.8 Å². The van der Waals surface area contributed by atoms with Crippen molar-refractivity contribution in [1.82, 2.24) is 14.0 Å². The molecule has 0 saturated carbocycles. The monoisotopic (exact) mass is 427 g/mol. The number of amides is 1. The number of ether oxygens (including phenoxy) is 1. The first-order chi connectivity index (χ1) is 15.0. The summed E-state index contributed by atoms with van der Waals surface area (Å²) in [5, 5.41) is 20.1. The molecule has 9 nitrogen and oxygen atoms in total. The van der Waals surface area contributed by atoms with E-state index in [2.05, 4.69) is 4.57 Å². The van der Waals surface area contributed by atoms with E-state index in [9.17, 15) is 20.0 Å². The minimum Gasteiger partial charge on any atom is -0.733 e. The van der Waals surface area contributed by atoms with Gasteiger partial charge in [0.2, 0.25) is 5.91 Å². The maximum Gasteiger partial charge on any atom is 0.275 e. The summed E-state index contributed by atoms with van der Waals surface area (Å²) in [5.74, 6) is 0.340. The average molecular weight is 427 g/mol. The van der Waals surface area contributed by atoms with Crippen LogP contribution in [0.4, 0.5) is 5.69 Å². The lowest BCUT2D eigenvalue weighted by atomic mass is 9.81. The van der Waals surface area contributed by atoms with E-state index < -0.39 is 5.56 Å². The number of rotatable bonds is 4. The van der Waals surface area contributed by atoms with Crippen LogP contribution in [0.3, 0.4) is 0 Å². The van der Waals surface area contributed by atoms with Gasteiger partial charge in [0.25, 0.3) is 5.56 Å². The molecule has 0 spiro atoms. The number of carbonyl (C=O) groups excluding carboxylic acids is 1. The number of anilines is 1. The molecular formula is C22H27N4O5-. The fourth-order valence-corrected chi connectivity index (χ4v) is 5.61. The zero-order chi connectivity index (χ0) is 21.6. The van der Waals surface area contributed by atoms with Crippen LogP contribution in [0.1, 0.15) is 37.3 Å². The van der Waals surface area contributed by atoms with Crippen LogP contribution in [-0.2, 0) is 21.6 Å². The van der Waals surface area contributed by atoms with Crippen LogP contribution in [0.2, 0.25) is 0 Å². The molecule has 3 aliphatic rings. The second-order valence-electron chi connectivity index (χ2n) is 9.03. The normalized spacial score (nSPS) is 24.5. The SMILES string of the molecule is O=C(CC1(n2cccc2)CCOCC1)N1C[C@H]2C[C@@H](C1)c1ccc(N([O-])O)c(=O)n1C2. The lowest BCUT2D eigenvalue weighted by Crippen LogP contribution is -2.51. The first kappa shape index (κ1) is 20.3. The molecule has 31 heavy (non-hydrogen) atoms. The molecule has 5 heterocycles. The highest BCUT2D eigenvalue weighted by atomic mass is 16.8. The molecule has 2 aromatic heterocycles. The Morgan fingerprint density at radius 3 is 2.65 bits per heavy atom. The number of nitrogens with zero attached hydrogens (tertiary/aromatic N) is 4. The van der Waals surface area contributed by atoms with Crippen LogP contribution in [0.15, 0.2) is 41.5 Å². The summed E-state index contributed by atoms with van der Waals surface area (Å²) >= 11 is 0. The van der Waals surface area contributed by atoms with Crippen molar-refractivity contribution in [3.05, 3.63) is 57.9 Å². The second kappa shape index (κ2) is 7.81. The van der Waals surface area contributed by atoms with Crippen LogP contribution in [0.25, 0.3) is 0 Å². The quantitative estimate of drug-likeness (QED) is 0.748. The summed E-state index contributed by atoms with van der Waals surface area (Å²) in [6.45, 7) is 2.91. The molecule has 0 radical (unpaired) electrons. The number of piperidine rings is 1. The van der Waals surface area contributed by atoms with Crippen molar-refractivity contribution in [2.24, 2.45) is 5.92 Å². The molecule has 2 atom stereocenters. The molecule has 2 aromatic rings. The van der Waals surface area contributed by atoms with E-state index in [0.717, 1.165) is 25.0 Å². The van der Waals surface area contributed by atoms with Crippen molar-refractivity contribution in [3.8, 4) is 0 Å². The maximum absolute atomic E-state index is 13.4. The summed E-state index contributed by atoms with van der Waals surface area (Å²) in [6.07, 6.45) is 7.03. The van der Waals surface area contributed by atoms with E-state index in [-0.39, 0.29) is 34.2 Å². The third-order valence-corrected chi connectivity index (χ3v) is 7.20. The lowest BCUT2D eigenvalue weighted by molar-refractivity contribution is -0.137. The predicted octanol–water partition coefficient (Wildman–Crippen LogP) is 1.88. The number of carbonyl (C=O) groups is 1. The number of hydrogen-bond donors (Lipinski definition) is 1. The third-order valence-electron chi connectivity index (χ3n) is 7.20. The Kier molecular flexibility index (Phi) is 5.11. The second-order valence-corrected chi connectivity index (χ2v) is 9.03. The molecule has 2 saturated heterocycles. The fourth-order valence-electron chi connectivity index (χ4n) is 5.61. The molecule has 2 bridgehead atoms. The molecule has 3 aliphatic heterocycles. The number of fused-ring (bicyclic) bond motifs is 4. The first-order valence-corrected chi connectivity index (χ1v) is 10.9. The van der Waals surface area contributed by atoms with E-state index in [4.69, 9.17) is 4.74 Å². The van der Waals surface area contributed by atoms with Crippen molar-refractivity contribution >= 4 is 11.6 Å². The minimum atomic E-state index is -0.474. The van der Waals surface area contributed by atoms with Crippen LogP contribution in [0, 0.1) is 11.1 Å². The molecule has 5 rings (SSSR count). The molecule has 2 fully saturated rings. The summed E-state index contributed by atoms with van der Waals surface area (Å²) < 4.78 is 9.33. The predicted molar refractivity (Wildman–Crippen MR) is 113 cm³/mol. The molecule has 0 unspecified atom stereocenters. The highest BCUT2D eigenvalue weighted by Crippen LogP contribution is 2.38. The van der Waals surface area contributed by atoms with Gasteiger partial charge in [0, 0.05) is 56.9 Å². The number of likely N-dealkylation sites (tertiary alicyclic amines) is 1. The molecular weight excluding hydrogens is 400 g/mol. The van der Waals surface area contributed by atoms with Crippen molar-refractivity contribution in [1.29, 1.82) is 0 Å². The van der Waals surface area contributed by atoms with E-state index in [0.29, 0.717) is 39.3 Å². The zero-order valence-corrected chi connectivity index (χ0v) is 17.4. The van der Waals surface area contributed by atoms with Gasteiger partial charge in [0.1, 0.15) is 5.69 Å². The Bertz CT molecular complexity index is 1010. The van der Waals surface area contributed by atoms with Gasteiger partial charge in [-0.1, -0.05) is 0 Å². The Labute approximate surface area is 180 Å². The van der Waals surface area contributed by atoms with Gasteiger partial charge in [-0.15, -0.1) is 0 Å². The summed E-state index contributed by atoms with van der Waals surface area (Å²) in [7, 11) is 0. The van der Waals surface area contributed by atoms with Crippen molar-refractivity contribution in [2.45, 2.75) is 43.7 Å². The van der Waals surface area contributed by atoms with Gasteiger partial charge in [0.05, 0.1) is 12.0 Å². The molecule has 0 aliphatic carbocycles. The summed E-state index contributed by atoms with van der Waals surface area (Å²) in [5.41, 5.74) is -0.174. The van der Waals surface area contributed by atoms with Gasteiger partial charge in [-0.25, -0.2) is 0 Å². The van der Waals surface area contributed by atoms with Crippen molar-refractivity contribution in [2.75, 3.05) is 31.5 Å². The molecule has 1 N–H and O–H groups in total. The highest BCUT2D eigenvalue weighted by molar-refractivity contribution is 5.77. The Morgan fingerprint density at radius 1 is 1.19 bits per heavy atom. The van der Waals surface area contributed by atoms with E-state index in [1.165, 1.54) is 6.07 Å². The minimum absolute atomic E-state index is 0.0502. The van der Waals surface area contributed by atoms with Crippen molar-refractivity contribution in [3.63, 3.8) is 0 Å². The third kappa shape index (κ3) is 3.56. The van der Waals surface area contributed by atoms with E-state index in [1.807, 2.05) is 29.4 Å². The summed E-state index contributed by atoms with van der Waals surface area (Å²) in [6, 6.07) is 7.08. The highest BCUT2D eigenvalue weighted by Gasteiger charge is 2.41. The fraction of sp³-hybridized carbons (Fsp3) is 0.545. The van der Waals surface area contributed by atoms with Crippen molar-refractivity contribution < 1.29 is 14.7 Å². The molecule has 0 aromatic carbocycles. The van der Waals surface area contributed by atoms with Gasteiger partial charge in [-0.2, -0.15) is 0 Å². The maximum atomic E-state index is 13.4. The van der Waals surface area contributed by atoms with Crippen LogP contribution in [0.5, 0.6) is 0 Å². The van der Waals surface area contributed by atoms with Gasteiger partial charge in [0.15, 0.2) is 0 Å². The van der Waals surface area contributed by atoms with Gasteiger partial charge >= 0.3 is 0 Å². The summed E-state index contributed by atoms with van der Waals surface area (Å²) in [4.78, 5) is 28.0. The average Bonchev–Trinajstić information content (AvgIpc) is 3.30. The van der Waals surface area contributed by atoms with Gasteiger partial charge in [-0.05, 0) is 49.4 Å². The number of pyridine rings is 1. The molecule has 1 amide bonds. The first-order valence-electron chi connectivity index (χ1n) is 10.9. The standard InChI is InChI=1S/C22H27N4O5/c27-20(12-22(5-9-31-10-6-22)24-7-1-2-8-24)23-13-16-11-17(15-23)18-3-4-19(26(29)30)21(28)25(18)14-16/h1-4,7-8,16-17,29H,5-6,9-15H2/q-1/t16-,17+/m1/s1. The molecule has 166 valence electrons. The Balaban J connectivity index is 1.37. The Hall–Kier alpha value is -2.62. The zero-order valence-electron chi connectivity index (χ0n) is 17.4. The van der Waals surface area contributed by atoms with E-state index >= 15 is 0 Å². The number of aromatic nitrogens is 2. The topological polar surface area (TPSA) is 103 Å². The largest absolute Gasteiger partial charge is 0.733 e. The van der Waals surface area contributed by atoms with Gasteiger partial charge < -0.3 is 29.2 Å². The molecule has 9 heteroatoms. The van der Waals surface area contributed by atoms with E-state index in [1.54, 1.807) is 10.6 Å². The number of hydrogen-bond acceptors (Lipinski definition) is 6. The Morgan fingerprint density at radius 2 is 1.94 bits per heavy atom.